The fraction of sp³-hybridized carbons (Fsp3) is 0.875. The molecule has 0 aromatic carbocycles. The van der Waals surface area contributed by atoms with Gasteiger partial charge in [0.25, 0.3) is 0 Å². The maximum absolute atomic E-state index is 11.2. The van der Waals surface area contributed by atoms with Gasteiger partial charge in [-0.3, -0.25) is 0 Å². The number of hydrogen-bond donors (Lipinski definition) is 0. The highest BCUT2D eigenvalue weighted by atomic mass is 16.8. The van der Waals surface area contributed by atoms with Gasteiger partial charge in [-0.05, 0) is 19.8 Å². The SMILES string of the molecule is CC1OC(=O)C(C)(C(C)C)O1. The van der Waals surface area contributed by atoms with Gasteiger partial charge in [-0.2, -0.15) is 0 Å². The summed E-state index contributed by atoms with van der Waals surface area (Å²) in [5, 5.41) is 0. The van der Waals surface area contributed by atoms with E-state index in [9.17, 15) is 4.79 Å². The molecule has 2 unspecified atom stereocenters. The molecule has 11 heavy (non-hydrogen) atoms. The third-order valence-electron chi connectivity index (χ3n) is 2.19. The van der Waals surface area contributed by atoms with Crippen molar-refractivity contribution in [1.82, 2.24) is 0 Å². The van der Waals surface area contributed by atoms with Gasteiger partial charge < -0.3 is 9.47 Å². The van der Waals surface area contributed by atoms with Crippen LogP contribution in [-0.4, -0.2) is 17.9 Å². The number of carbonyl (C=O) groups is 1. The Morgan fingerprint density at radius 2 is 2.09 bits per heavy atom. The van der Waals surface area contributed by atoms with Gasteiger partial charge in [-0.15, -0.1) is 0 Å². The average Bonchev–Trinajstić information content (AvgIpc) is 2.08. The van der Waals surface area contributed by atoms with Crippen LogP contribution in [0.2, 0.25) is 0 Å². The van der Waals surface area contributed by atoms with Gasteiger partial charge in [0.15, 0.2) is 5.60 Å². The van der Waals surface area contributed by atoms with E-state index in [-0.39, 0.29) is 11.9 Å². The second kappa shape index (κ2) is 2.48. The first-order valence-corrected chi connectivity index (χ1v) is 3.85. The van der Waals surface area contributed by atoms with E-state index in [2.05, 4.69) is 0 Å². The maximum Gasteiger partial charge on any atom is 0.340 e. The van der Waals surface area contributed by atoms with Gasteiger partial charge in [0, 0.05) is 0 Å². The molecule has 0 bridgehead atoms. The molecule has 1 rings (SSSR count). The Labute approximate surface area is 66.7 Å². The third-order valence-corrected chi connectivity index (χ3v) is 2.19. The molecule has 0 radical (unpaired) electrons. The first-order valence-electron chi connectivity index (χ1n) is 3.85. The van der Waals surface area contributed by atoms with Crippen LogP contribution in [0.25, 0.3) is 0 Å². The molecule has 1 heterocycles. The highest BCUT2D eigenvalue weighted by molar-refractivity contribution is 5.80. The van der Waals surface area contributed by atoms with Gasteiger partial charge >= 0.3 is 5.97 Å². The Bertz CT molecular complexity index is 176. The van der Waals surface area contributed by atoms with Crippen LogP contribution in [0, 0.1) is 5.92 Å². The first-order chi connectivity index (χ1) is 4.97. The monoisotopic (exact) mass is 158 g/mol. The van der Waals surface area contributed by atoms with Gasteiger partial charge in [-0.1, -0.05) is 13.8 Å². The molecular formula is C8H14O3. The predicted octanol–water partition coefficient (Wildman–Crippen LogP) is 1.32. The van der Waals surface area contributed by atoms with Crippen LogP contribution < -0.4 is 0 Å². The summed E-state index contributed by atoms with van der Waals surface area (Å²) in [6.45, 7) is 7.38. The molecule has 1 fully saturated rings. The minimum atomic E-state index is -0.737. The Kier molecular flexibility index (Phi) is 1.92. The van der Waals surface area contributed by atoms with Gasteiger partial charge in [0.1, 0.15) is 0 Å². The van der Waals surface area contributed by atoms with Crippen LogP contribution in [0.4, 0.5) is 0 Å². The van der Waals surface area contributed by atoms with Crippen LogP contribution >= 0.6 is 0 Å². The van der Waals surface area contributed by atoms with Crippen molar-refractivity contribution >= 4 is 5.97 Å². The summed E-state index contributed by atoms with van der Waals surface area (Å²) < 4.78 is 10.2. The Balaban J connectivity index is 2.79. The summed E-state index contributed by atoms with van der Waals surface area (Å²) in [7, 11) is 0. The van der Waals surface area contributed by atoms with Crippen LogP contribution in [0.5, 0.6) is 0 Å². The Morgan fingerprint density at radius 1 is 1.55 bits per heavy atom. The van der Waals surface area contributed by atoms with Gasteiger partial charge in [0.2, 0.25) is 6.29 Å². The molecule has 2 atom stereocenters. The fourth-order valence-corrected chi connectivity index (χ4v) is 1.06. The summed E-state index contributed by atoms with van der Waals surface area (Å²) >= 11 is 0. The molecule has 0 aliphatic carbocycles. The van der Waals surface area contributed by atoms with E-state index in [0.717, 1.165) is 0 Å². The van der Waals surface area contributed by atoms with E-state index >= 15 is 0 Å². The van der Waals surface area contributed by atoms with Crippen molar-refractivity contribution in [1.29, 1.82) is 0 Å². The summed E-state index contributed by atoms with van der Waals surface area (Å²) in [6, 6.07) is 0. The zero-order valence-electron chi connectivity index (χ0n) is 7.38. The number of carbonyl (C=O) groups excluding carboxylic acids is 1. The van der Waals surface area contributed by atoms with Gasteiger partial charge in [0.05, 0.1) is 0 Å². The third kappa shape index (κ3) is 1.25. The fourth-order valence-electron chi connectivity index (χ4n) is 1.06. The normalized spacial score (nSPS) is 37.9. The smallest absolute Gasteiger partial charge is 0.340 e. The zero-order chi connectivity index (χ0) is 8.65. The van der Waals surface area contributed by atoms with E-state index in [1.165, 1.54) is 0 Å². The molecular weight excluding hydrogens is 144 g/mol. The zero-order valence-corrected chi connectivity index (χ0v) is 7.38. The highest BCUT2D eigenvalue weighted by Crippen LogP contribution is 2.30. The lowest BCUT2D eigenvalue weighted by Gasteiger charge is -2.22. The summed E-state index contributed by atoms with van der Waals surface area (Å²) in [6.07, 6.45) is -0.394. The van der Waals surface area contributed by atoms with E-state index in [0.29, 0.717) is 0 Å². The van der Waals surface area contributed by atoms with Crippen LogP contribution in [0.1, 0.15) is 27.7 Å². The van der Waals surface area contributed by atoms with Crippen molar-refractivity contribution in [3.63, 3.8) is 0 Å². The Hall–Kier alpha value is -0.570. The van der Waals surface area contributed by atoms with E-state index in [4.69, 9.17) is 9.47 Å². The van der Waals surface area contributed by atoms with E-state index in [1.807, 2.05) is 13.8 Å². The molecule has 0 N–H and O–H groups in total. The number of hydrogen-bond acceptors (Lipinski definition) is 3. The topological polar surface area (TPSA) is 35.5 Å². The van der Waals surface area contributed by atoms with E-state index < -0.39 is 11.9 Å². The molecule has 0 saturated carbocycles. The lowest BCUT2D eigenvalue weighted by molar-refractivity contribution is -0.145. The molecule has 3 nitrogen and oxygen atoms in total. The molecule has 64 valence electrons. The molecule has 0 aromatic rings. The standard InChI is InChI=1S/C8H14O3/c1-5(2)8(4)7(9)10-6(3)11-8/h5-6H,1-4H3. The molecule has 0 spiro atoms. The van der Waals surface area contributed by atoms with Crippen LogP contribution in [0.15, 0.2) is 0 Å². The number of rotatable bonds is 1. The predicted molar refractivity (Wildman–Crippen MR) is 39.9 cm³/mol. The number of ether oxygens (including phenoxy) is 2. The minimum absolute atomic E-state index is 0.153. The highest BCUT2D eigenvalue weighted by Gasteiger charge is 2.47. The minimum Gasteiger partial charge on any atom is -0.434 e. The number of esters is 1. The molecule has 1 saturated heterocycles. The largest absolute Gasteiger partial charge is 0.434 e. The molecule has 0 amide bonds. The second-order valence-corrected chi connectivity index (χ2v) is 3.35. The van der Waals surface area contributed by atoms with Crippen molar-refractivity contribution in [2.24, 2.45) is 5.92 Å². The first kappa shape index (κ1) is 8.53. The van der Waals surface area contributed by atoms with Crippen molar-refractivity contribution in [3.05, 3.63) is 0 Å². The molecule has 3 heteroatoms. The van der Waals surface area contributed by atoms with Crippen molar-refractivity contribution in [2.45, 2.75) is 39.6 Å². The molecule has 1 aliphatic heterocycles. The Morgan fingerprint density at radius 3 is 2.27 bits per heavy atom. The van der Waals surface area contributed by atoms with Crippen LogP contribution in [-0.2, 0) is 14.3 Å². The lowest BCUT2D eigenvalue weighted by atomic mass is 9.93. The second-order valence-electron chi connectivity index (χ2n) is 3.35. The molecule has 0 aromatic heterocycles. The number of cyclic esters (lactones) is 1. The van der Waals surface area contributed by atoms with E-state index in [1.54, 1.807) is 13.8 Å². The van der Waals surface area contributed by atoms with Crippen LogP contribution in [0.3, 0.4) is 0 Å². The van der Waals surface area contributed by atoms with Crippen molar-refractivity contribution < 1.29 is 14.3 Å². The summed E-state index contributed by atoms with van der Waals surface area (Å²) in [5.74, 6) is -0.0973. The quantitative estimate of drug-likeness (QED) is 0.540. The average molecular weight is 158 g/mol. The molecule has 1 aliphatic rings. The van der Waals surface area contributed by atoms with Crippen molar-refractivity contribution in [2.75, 3.05) is 0 Å². The summed E-state index contributed by atoms with van der Waals surface area (Å²) in [5.41, 5.74) is -0.737. The maximum atomic E-state index is 11.2. The lowest BCUT2D eigenvalue weighted by Crippen LogP contribution is -2.38. The van der Waals surface area contributed by atoms with Gasteiger partial charge in [-0.25, -0.2) is 4.79 Å². The summed E-state index contributed by atoms with van der Waals surface area (Å²) in [4.78, 5) is 11.2. The van der Waals surface area contributed by atoms with Crippen molar-refractivity contribution in [3.8, 4) is 0 Å².